The van der Waals surface area contributed by atoms with Gasteiger partial charge in [0.15, 0.2) is 0 Å². The van der Waals surface area contributed by atoms with Crippen LogP contribution in [0.3, 0.4) is 0 Å². The Bertz CT molecular complexity index is 558. The molecule has 0 unspecified atom stereocenters. The van der Waals surface area contributed by atoms with E-state index in [2.05, 4.69) is 40.1 Å². The number of amides is 1. The largest absolute Gasteiger partial charge is 0.392 e. The van der Waals surface area contributed by atoms with E-state index in [1.54, 1.807) is 0 Å². The minimum Gasteiger partial charge on any atom is -0.392 e. The van der Waals surface area contributed by atoms with Crippen molar-refractivity contribution in [2.24, 2.45) is 5.92 Å². The van der Waals surface area contributed by atoms with E-state index in [1.165, 1.54) is 5.56 Å². The Labute approximate surface area is 157 Å². The molecule has 1 N–H and O–H groups in total. The summed E-state index contributed by atoms with van der Waals surface area (Å²) in [6.45, 7) is 6.11. The minimum atomic E-state index is -0.268. The van der Waals surface area contributed by atoms with Crippen LogP contribution in [0.15, 0.2) is 30.3 Å². The van der Waals surface area contributed by atoms with Crippen LogP contribution < -0.4 is 0 Å². The highest BCUT2D eigenvalue weighted by Gasteiger charge is 2.24. The quantitative estimate of drug-likeness (QED) is 0.842. The number of nitrogens with zero attached hydrogens (tertiary/aromatic N) is 3. The van der Waals surface area contributed by atoms with E-state index in [4.69, 9.17) is 0 Å². The zero-order valence-corrected chi connectivity index (χ0v) is 16.0. The minimum absolute atomic E-state index is 0.186. The van der Waals surface area contributed by atoms with Crippen molar-refractivity contribution in [3.8, 4) is 0 Å². The van der Waals surface area contributed by atoms with Gasteiger partial charge in [0.25, 0.3) is 0 Å². The van der Waals surface area contributed by atoms with Crippen molar-refractivity contribution >= 4 is 5.91 Å². The monoisotopic (exact) mass is 359 g/mol. The topological polar surface area (TPSA) is 47.0 Å². The summed E-state index contributed by atoms with van der Waals surface area (Å²) in [5.74, 6) is 0.786. The Kier molecular flexibility index (Phi) is 7.06. The van der Waals surface area contributed by atoms with Crippen LogP contribution in [-0.2, 0) is 11.3 Å². The Morgan fingerprint density at radius 2 is 1.85 bits per heavy atom. The van der Waals surface area contributed by atoms with E-state index in [-0.39, 0.29) is 12.0 Å². The van der Waals surface area contributed by atoms with Gasteiger partial charge in [0.2, 0.25) is 5.91 Å². The van der Waals surface area contributed by atoms with E-state index >= 15 is 0 Å². The maximum absolute atomic E-state index is 12.5. The van der Waals surface area contributed by atoms with Gasteiger partial charge in [-0.25, -0.2) is 0 Å². The van der Waals surface area contributed by atoms with Gasteiger partial charge in [-0.3, -0.25) is 14.6 Å². The highest BCUT2D eigenvalue weighted by atomic mass is 16.3. The lowest BCUT2D eigenvalue weighted by atomic mass is 9.96. The van der Waals surface area contributed by atoms with Crippen molar-refractivity contribution in [3.05, 3.63) is 35.9 Å². The highest BCUT2D eigenvalue weighted by molar-refractivity contribution is 5.78. The number of carbonyl (C=O) groups is 1. The normalized spacial score (nSPS) is 23.1. The number of likely N-dealkylation sites (tertiary alicyclic amines) is 2. The molecule has 26 heavy (non-hydrogen) atoms. The van der Waals surface area contributed by atoms with Gasteiger partial charge >= 0.3 is 0 Å². The van der Waals surface area contributed by atoms with Crippen molar-refractivity contribution in [1.82, 2.24) is 14.7 Å². The number of aliphatic hydroxyl groups is 1. The van der Waals surface area contributed by atoms with E-state index < -0.39 is 0 Å². The first-order chi connectivity index (χ1) is 12.6. The fourth-order valence-corrected chi connectivity index (χ4v) is 4.14. The van der Waals surface area contributed by atoms with Gasteiger partial charge in [-0.05, 0) is 56.8 Å². The molecule has 2 aliphatic heterocycles. The van der Waals surface area contributed by atoms with Crippen LogP contribution in [0.25, 0.3) is 0 Å². The number of rotatable bonds is 6. The van der Waals surface area contributed by atoms with E-state index in [1.807, 2.05) is 11.9 Å². The summed E-state index contributed by atoms with van der Waals surface area (Å²) in [5.41, 5.74) is 1.38. The van der Waals surface area contributed by atoms with Crippen LogP contribution in [0.1, 0.15) is 31.2 Å². The molecule has 2 fully saturated rings. The second-order valence-electron chi connectivity index (χ2n) is 8.01. The van der Waals surface area contributed by atoms with Crippen LogP contribution in [0, 0.1) is 5.92 Å². The summed E-state index contributed by atoms with van der Waals surface area (Å²) in [7, 11) is 1.93. The molecule has 0 saturated carbocycles. The predicted molar refractivity (Wildman–Crippen MR) is 104 cm³/mol. The number of aliphatic hydroxyl groups excluding tert-OH is 1. The summed E-state index contributed by atoms with van der Waals surface area (Å²) in [5, 5.41) is 9.75. The lowest BCUT2D eigenvalue weighted by Gasteiger charge is -2.35. The third-order valence-electron chi connectivity index (χ3n) is 5.75. The van der Waals surface area contributed by atoms with Crippen molar-refractivity contribution < 1.29 is 9.90 Å². The van der Waals surface area contributed by atoms with Gasteiger partial charge < -0.3 is 10.0 Å². The molecule has 1 aromatic carbocycles. The van der Waals surface area contributed by atoms with Crippen LogP contribution >= 0.6 is 0 Å². The number of piperidine rings is 2. The smallest absolute Gasteiger partial charge is 0.236 e. The Hall–Kier alpha value is -1.43. The third kappa shape index (κ3) is 5.79. The summed E-state index contributed by atoms with van der Waals surface area (Å²) < 4.78 is 0. The standard InChI is InChI=1S/C21H33N3O2/c1-22(21(26)17-24-11-5-8-20(25)16-24)14-19-9-12-23(13-10-19)15-18-6-3-2-4-7-18/h2-4,6-7,19-20,25H,5,8-17H2,1H3/t20-/m0/s1. The summed E-state index contributed by atoms with van der Waals surface area (Å²) in [6.07, 6.45) is 3.90. The number of carbonyl (C=O) groups excluding carboxylic acids is 1. The van der Waals surface area contributed by atoms with E-state index in [0.717, 1.165) is 58.4 Å². The maximum atomic E-state index is 12.5. The average Bonchev–Trinajstić information content (AvgIpc) is 2.64. The lowest BCUT2D eigenvalue weighted by molar-refractivity contribution is -0.132. The molecule has 0 bridgehead atoms. The van der Waals surface area contributed by atoms with Crippen LogP contribution in [0.4, 0.5) is 0 Å². The highest BCUT2D eigenvalue weighted by Crippen LogP contribution is 2.20. The molecule has 0 spiro atoms. The molecular weight excluding hydrogens is 326 g/mol. The molecule has 2 saturated heterocycles. The zero-order valence-electron chi connectivity index (χ0n) is 16.0. The molecule has 2 heterocycles. The molecule has 5 heteroatoms. The number of β-amino-alcohol motifs (C(OH)–C–C–N with tert-alkyl or cyclic N) is 1. The molecule has 3 rings (SSSR count). The van der Waals surface area contributed by atoms with Gasteiger partial charge in [0.1, 0.15) is 0 Å². The van der Waals surface area contributed by atoms with Gasteiger partial charge in [-0.2, -0.15) is 0 Å². The second-order valence-corrected chi connectivity index (χ2v) is 8.01. The third-order valence-corrected chi connectivity index (χ3v) is 5.75. The fraction of sp³-hybridized carbons (Fsp3) is 0.667. The molecule has 0 aliphatic carbocycles. The molecule has 5 nitrogen and oxygen atoms in total. The van der Waals surface area contributed by atoms with Gasteiger partial charge in [-0.15, -0.1) is 0 Å². The molecule has 2 aliphatic rings. The Morgan fingerprint density at radius 3 is 2.54 bits per heavy atom. The summed E-state index contributed by atoms with van der Waals surface area (Å²) in [6, 6.07) is 10.6. The number of benzene rings is 1. The van der Waals surface area contributed by atoms with Gasteiger partial charge in [0, 0.05) is 26.7 Å². The molecule has 1 atom stereocenters. The first kappa shape index (κ1) is 19.3. The van der Waals surface area contributed by atoms with Crippen LogP contribution in [0.2, 0.25) is 0 Å². The molecular formula is C21H33N3O2. The molecule has 1 aromatic rings. The van der Waals surface area contributed by atoms with Gasteiger partial charge in [0.05, 0.1) is 12.6 Å². The van der Waals surface area contributed by atoms with Crippen molar-refractivity contribution in [2.45, 2.75) is 38.3 Å². The zero-order chi connectivity index (χ0) is 18.4. The maximum Gasteiger partial charge on any atom is 0.236 e. The average molecular weight is 360 g/mol. The molecule has 0 radical (unpaired) electrons. The van der Waals surface area contributed by atoms with Crippen LogP contribution in [-0.4, -0.2) is 78.1 Å². The summed E-state index contributed by atoms with van der Waals surface area (Å²) in [4.78, 5) is 19.0. The fourth-order valence-electron chi connectivity index (χ4n) is 4.14. The van der Waals surface area contributed by atoms with Crippen molar-refractivity contribution in [1.29, 1.82) is 0 Å². The van der Waals surface area contributed by atoms with Crippen LogP contribution in [0.5, 0.6) is 0 Å². The Morgan fingerprint density at radius 1 is 1.12 bits per heavy atom. The molecule has 144 valence electrons. The Balaban J connectivity index is 1.37. The predicted octanol–water partition coefficient (Wildman–Crippen LogP) is 1.81. The summed E-state index contributed by atoms with van der Waals surface area (Å²) >= 11 is 0. The van der Waals surface area contributed by atoms with Gasteiger partial charge in [-0.1, -0.05) is 30.3 Å². The number of hydrogen-bond donors (Lipinski definition) is 1. The van der Waals surface area contributed by atoms with E-state index in [9.17, 15) is 9.90 Å². The van der Waals surface area contributed by atoms with Crippen molar-refractivity contribution in [3.63, 3.8) is 0 Å². The second kappa shape index (κ2) is 9.49. The number of hydrogen-bond acceptors (Lipinski definition) is 4. The SMILES string of the molecule is CN(CC1CCN(Cc2ccccc2)CC1)C(=O)CN1CCC[C@H](O)C1. The van der Waals surface area contributed by atoms with E-state index in [0.29, 0.717) is 19.0 Å². The molecule has 1 amide bonds. The first-order valence-electron chi connectivity index (χ1n) is 10.0. The molecule has 0 aromatic heterocycles. The van der Waals surface area contributed by atoms with Crippen molar-refractivity contribution in [2.75, 3.05) is 46.3 Å². The first-order valence-corrected chi connectivity index (χ1v) is 10.0. The number of likely N-dealkylation sites (N-methyl/N-ethyl adjacent to an activating group) is 1. The lowest BCUT2D eigenvalue weighted by Crippen LogP contribution is -2.46.